The molecule has 10 heteroatoms. The monoisotopic (exact) mass is 640 g/mol. The van der Waals surface area contributed by atoms with Gasteiger partial charge in [0, 0.05) is 23.2 Å². The summed E-state index contributed by atoms with van der Waals surface area (Å²) in [6.45, 7) is 8.91. The first kappa shape index (κ1) is 31.7. The number of hydrogen-bond donors (Lipinski definition) is 1. The molecule has 6 rings (SSSR count). The molecular formula is C36H40N4O5S. The molecule has 1 atom stereocenters. The van der Waals surface area contributed by atoms with Crippen LogP contribution in [0.4, 0.5) is 5.95 Å². The van der Waals surface area contributed by atoms with Crippen LogP contribution in [0.3, 0.4) is 0 Å². The van der Waals surface area contributed by atoms with Crippen LogP contribution < -0.4 is 9.46 Å². The summed E-state index contributed by atoms with van der Waals surface area (Å²) < 4.78 is 42.3. The largest absolute Gasteiger partial charge is 0.475 e. The van der Waals surface area contributed by atoms with Gasteiger partial charge in [-0.3, -0.25) is 4.79 Å². The van der Waals surface area contributed by atoms with E-state index in [0.717, 1.165) is 22.3 Å². The lowest BCUT2D eigenvalue weighted by Crippen LogP contribution is -2.56. The Bertz CT molecular complexity index is 1800. The second-order valence-electron chi connectivity index (χ2n) is 12.7. The highest BCUT2D eigenvalue weighted by Crippen LogP contribution is 2.35. The standard InChI is InChI=1S/C36H40N4O5S/c1-23(2)16-29-22-45-33-20-32(34-24(3)10-8-11-25(34)4)37-36(38-33)39-46(42,43)31-15-9-14-27(17-31)35(41)40(29)28-18-30(19-28)44-21-26-12-6-5-7-13-26/h5-15,17,20,23,28-30H,16,18-19,21-22H2,1-4H3,(H,37,38,39)/t28?,29-,30?/m1/s1. The summed E-state index contributed by atoms with van der Waals surface area (Å²) >= 11 is 0. The van der Waals surface area contributed by atoms with E-state index in [4.69, 9.17) is 9.47 Å². The fraction of sp³-hybridized carbons (Fsp3) is 0.361. The normalized spacial score (nSPS) is 20.8. The van der Waals surface area contributed by atoms with Crippen molar-refractivity contribution in [3.8, 4) is 17.1 Å². The van der Waals surface area contributed by atoms with Crippen molar-refractivity contribution >= 4 is 21.9 Å². The van der Waals surface area contributed by atoms with Crippen LogP contribution in [-0.4, -0.2) is 54.0 Å². The van der Waals surface area contributed by atoms with Crippen LogP contribution in [0.1, 0.15) is 60.2 Å². The van der Waals surface area contributed by atoms with Crippen molar-refractivity contribution in [2.24, 2.45) is 5.92 Å². The average Bonchev–Trinajstić information content (AvgIpc) is 3.00. The molecule has 0 spiro atoms. The molecule has 1 fully saturated rings. The SMILES string of the molecule is Cc1cccc(C)c1-c1cc2nc(n1)NS(=O)(=O)c1cccc(c1)C(=O)N(C1CC(OCc3ccccc3)C1)[C@H](CC(C)C)CO2. The van der Waals surface area contributed by atoms with Gasteiger partial charge in [-0.15, -0.1) is 0 Å². The van der Waals surface area contributed by atoms with E-state index in [1.54, 1.807) is 18.2 Å². The number of nitrogens with zero attached hydrogens (tertiary/aromatic N) is 3. The minimum atomic E-state index is -4.13. The molecule has 1 aliphatic carbocycles. The molecule has 1 amide bonds. The third-order valence-corrected chi connectivity index (χ3v) is 9.97. The highest BCUT2D eigenvalue weighted by Gasteiger charge is 2.41. The Morgan fingerprint density at radius 3 is 2.39 bits per heavy atom. The predicted octanol–water partition coefficient (Wildman–Crippen LogP) is 6.56. The maximum atomic E-state index is 14.3. The number of fused-ring (bicyclic) bond motifs is 4. The van der Waals surface area contributed by atoms with Crippen molar-refractivity contribution in [1.29, 1.82) is 0 Å². The molecule has 2 aliphatic rings. The Hall–Kier alpha value is -4.28. The first-order chi connectivity index (χ1) is 22.1. The van der Waals surface area contributed by atoms with E-state index in [2.05, 4.69) is 28.5 Å². The quantitative estimate of drug-likeness (QED) is 0.244. The van der Waals surface area contributed by atoms with Gasteiger partial charge in [-0.2, -0.15) is 4.98 Å². The number of carbonyl (C=O) groups is 1. The fourth-order valence-corrected chi connectivity index (χ4v) is 7.31. The zero-order valence-electron chi connectivity index (χ0n) is 26.6. The van der Waals surface area contributed by atoms with Crippen LogP contribution in [0.15, 0.2) is 83.8 Å². The molecule has 0 unspecified atom stereocenters. The van der Waals surface area contributed by atoms with Crippen LogP contribution in [0.25, 0.3) is 11.3 Å². The molecule has 9 nitrogen and oxygen atoms in total. The number of nitrogens with one attached hydrogen (secondary N) is 1. The molecule has 2 heterocycles. The van der Waals surface area contributed by atoms with Crippen LogP contribution in [0.5, 0.6) is 5.88 Å². The third-order valence-electron chi connectivity index (χ3n) is 8.64. The number of rotatable bonds is 7. The van der Waals surface area contributed by atoms with Gasteiger partial charge in [0.25, 0.3) is 15.9 Å². The lowest BCUT2D eigenvalue weighted by molar-refractivity contribution is -0.0646. The van der Waals surface area contributed by atoms with E-state index < -0.39 is 10.0 Å². The predicted molar refractivity (Wildman–Crippen MR) is 177 cm³/mol. The highest BCUT2D eigenvalue weighted by atomic mass is 32.2. The van der Waals surface area contributed by atoms with E-state index in [1.165, 1.54) is 12.1 Å². The van der Waals surface area contributed by atoms with Crippen molar-refractivity contribution in [3.63, 3.8) is 0 Å². The number of ether oxygens (including phenoxy) is 2. The van der Waals surface area contributed by atoms with E-state index in [1.807, 2.05) is 67.3 Å². The molecule has 3 aromatic carbocycles. The summed E-state index contributed by atoms with van der Waals surface area (Å²) in [5.74, 6) is 0.173. The zero-order valence-corrected chi connectivity index (χ0v) is 27.5. The summed E-state index contributed by atoms with van der Waals surface area (Å²) in [5, 5.41) is 0. The van der Waals surface area contributed by atoms with Crippen LogP contribution in [-0.2, 0) is 21.4 Å². The van der Waals surface area contributed by atoms with Crippen molar-refractivity contribution in [2.75, 3.05) is 11.3 Å². The molecular weight excluding hydrogens is 600 g/mol. The summed E-state index contributed by atoms with van der Waals surface area (Å²) in [6, 6.07) is 23.5. The van der Waals surface area contributed by atoms with E-state index in [-0.39, 0.29) is 53.3 Å². The van der Waals surface area contributed by atoms with Gasteiger partial charge in [0.05, 0.1) is 29.3 Å². The smallest absolute Gasteiger partial charge is 0.264 e. The van der Waals surface area contributed by atoms with Gasteiger partial charge in [0.15, 0.2) is 0 Å². The topological polar surface area (TPSA) is 111 Å². The third kappa shape index (κ3) is 6.93. The fourth-order valence-electron chi connectivity index (χ4n) is 6.32. The number of anilines is 1. The Balaban J connectivity index is 1.37. The van der Waals surface area contributed by atoms with Gasteiger partial charge in [0.1, 0.15) is 6.61 Å². The van der Waals surface area contributed by atoms with Crippen molar-refractivity contribution in [2.45, 2.75) is 76.6 Å². The van der Waals surface area contributed by atoms with E-state index in [0.29, 0.717) is 37.1 Å². The van der Waals surface area contributed by atoms with Crippen molar-refractivity contribution in [1.82, 2.24) is 14.9 Å². The summed E-state index contributed by atoms with van der Waals surface area (Å²) in [7, 11) is -4.13. The number of aryl methyl sites for hydroxylation is 2. The first-order valence-corrected chi connectivity index (χ1v) is 17.2. The van der Waals surface area contributed by atoms with Crippen molar-refractivity contribution in [3.05, 3.63) is 101 Å². The molecule has 1 N–H and O–H groups in total. The van der Waals surface area contributed by atoms with Gasteiger partial charge >= 0.3 is 0 Å². The molecule has 1 aliphatic heterocycles. The number of aromatic nitrogens is 2. The average molecular weight is 641 g/mol. The minimum Gasteiger partial charge on any atom is -0.475 e. The molecule has 1 aromatic heterocycles. The lowest BCUT2D eigenvalue weighted by atomic mass is 9.85. The molecule has 46 heavy (non-hydrogen) atoms. The van der Waals surface area contributed by atoms with Crippen LogP contribution >= 0.6 is 0 Å². The number of benzene rings is 3. The summed E-state index contributed by atoms with van der Waals surface area (Å²) in [6.07, 6.45) is 2.07. The van der Waals surface area contributed by atoms with E-state index in [9.17, 15) is 13.2 Å². The highest BCUT2D eigenvalue weighted by molar-refractivity contribution is 7.92. The van der Waals surface area contributed by atoms with Crippen LogP contribution in [0, 0.1) is 19.8 Å². The summed E-state index contributed by atoms with van der Waals surface area (Å²) in [5.41, 5.74) is 4.82. The van der Waals surface area contributed by atoms with Gasteiger partial charge in [-0.1, -0.05) is 68.4 Å². The zero-order chi connectivity index (χ0) is 32.4. The first-order valence-electron chi connectivity index (χ1n) is 15.8. The molecule has 4 bridgehead atoms. The number of sulfonamides is 1. The number of carbonyl (C=O) groups excluding carboxylic acids is 1. The van der Waals surface area contributed by atoms with Crippen LogP contribution in [0.2, 0.25) is 0 Å². The Labute approximate surface area is 271 Å². The van der Waals surface area contributed by atoms with E-state index >= 15 is 0 Å². The van der Waals surface area contributed by atoms with Gasteiger partial charge in [0.2, 0.25) is 11.8 Å². The molecule has 240 valence electrons. The second kappa shape index (κ2) is 13.2. The maximum Gasteiger partial charge on any atom is 0.264 e. The Kier molecular flexibility index (Phi) is 9.11. The second-order valence-corrected chi connectivity index (χ2v) is 14.3. The maximum absolute atomic E-state index is 14.3. The number of hydrogen-bond acceptors (Lipinski definition) is 7. The Morgan fingerprint density at radius 2 is 1.67 bits per heavy atom. The molecule has 0 saturated heterocycles. The molecule has 4 aromatic rings. The van der Waals surface area contributed by atoms with Crippen molar-refractivity contribution < 1.29 is 22.7 Å². The minimum absolute atomic E-state index is 0.0171. The summed E-state index contributed by atoms with van der Waals surface area (Å²) in [4.78, 5) is 25.3. The number of amides is 1. The molecule has 1 saturated carbocycles. The van der Waals surface area contributed by atoms with Gasteiger partial charge in [-0.25, -0.2) is 18.1 Å². The molecule has 0 radical (unpaired) electrons. The van der Waals surface area contributed by atoms with Gasteiger partial charge in [-0.05, 0) is 73.9 Å². The Morgan fingerprint density at radius 1 is 0.957 bits per heavy atom. The van der Waals surface area contributed by atoms with Gasteiger partial charge < -0.3 is 14.4 Å². The lowest BCUT2D eigenvalue weighted by Gasteiger charge is -2.46.